The van der Waals surface area contributed by atoms with Crippen molar-refractivity contribution in [1.82, 2.24) is 9.88 Å². The van der Waals surface area contributed by atoms with Crippen LogP contribution in [0.25, 0.3) is 10.9 Å². The topological polar surface area (TPSA) is 79.2 Å². The molecule has 5 nitrogen and oxygen atoms in total. The number of rotatable bonds is 3. The molecule has 0 unspecified atom stereocenters. The summed E-state index contributed by atoms with van der Waals surface area (Å²) in [5, 5.41) is 0.689. The quantitative estimate of drug-likeness (QED) is 0.748. The fraction of sp³-hybridized carbons (Fsp3) is 0.238. The lowest BCUT2D eigenvalue weighted by Crippen LogP contribution is -2.51. The molecule has 3 aromatic rings. The van der Waals surface area contributed by atoms with Crippen molar-refractivity contribution in [2.45, 2.75) is 32.4 Å². The van der Waals surface area contributed by atoms with E-state index in [4.69, 9.17) is 5.73 Å². The number of amides is 2. The van der Waals surface area contributed by atoms with E-state index >= 15 is 0 Å². The van der Waals surface area contributed by atoms with Crippen molar-refractivity contribution in [3.05, 3.63) is 70.7 Å². The number of nitrogens with zero attached hydrogens (tertiary/aromatic N) is 1. The number of fused-ring (bicyclic) bond motifs is 2. The maximum Gasteiger partial charge on any atom is 0.240 e. The molecule has 6 heteroatoms. The average Bonchev–Trinajstić information content (AvgIpc) is 2.97. The lowest BCUT2D eigenvalue weighted by molar-refractivity contribution is -0.140. The maximum absolute atomic E-state index is 14.0. The molecule has 4 rings (SSSR count). The van der Waals surface area contributed by atoms with Crippen LogP contribution >= 0.6 is 0 Å². The van der Waals surface area contributed by atoms with Gasteiger partial charge in [-0.25, -0.2) is 4.39 Å². The van der Waals surface area contributed by atoms with Gasteiger partial charge >= 0.3 is 0 Å². The number of nitrogens with two attached hydrogens (primary N) is 1. The number of aromatic amines is 1. The zero-order chi connectivity index (χ0) is 19.1. The van der Waals surface area contributed by atoms with Crippen molar-refractivity contribution in [2.24, 2.45) is 5.73 Å². The van der Waals surface area contributed by atoms with Crippen LogP contribution in [-0.2, 0) is 29.0 Å². The fourth-order valence-corrected chi connectivity index (χ4v) is 3.89. The van der Waals surface area contributed by atoms with Crippen molar-refractivity contribution >= 4 is 22.7 Å². The third kappa shape index (κ3) is 2.97. The minimum Gasteiger partial charge on any atom is -0.368 e. The smallest absolute Gasteiger partial charge is 0.240 e. The predicted octanol–water partition coefficient (Wildman–Crippen LogP) is 2.60. The number of H-pyrrole nitrogens is 1. The molecule has 1 atom stereocenters. The van der Waals surface area contributed by atoms with E-state index in [0.29, 0.717) is 23.9 Å². The number of carbonyl (C=O) groups excluding carboxylic acids is 2. The minimum atomic E-state index is -0.672. The van der Waals surface area contributed by atoms with E-state index in [-0.39, 0.29) is 18.1 Å². The van der Waals surface area contributed by atoms with Gasteiger partial charge in [-0.2, -0.15) is 0 Å². The molecule has 0 saturated carbocycles. The highest BCUT2D eigenvalue weighted by Crippen LogP contribution is 2.28. The maximum atomic E-state index is 14.0. The molecule has 1 aromatic heterocycles. The molecule has 138 valence electrons. The number of aryl methyl sites for hydroxylation is 1. The Morgan fingerprint density at radius 3 is 2.67 bits per heavy atom. The van der Waals surface area contributed by atoms with E-state index in [1.807, 2.05) is 31.2 Å². The van der Waals surface area contributed by atoms with E-state index < -0.39 is 11.9 Å². The second-order valence-corrected chi connectivity index (χ2v) is 6.98. The Kier molecular flexibility index (Phi) is 4.18. The number of benzene rings is 2. The number of primary amides is 1. The van der Waals surface area contributed by atoms with Crippen LogP contribution in [0.3, 0.4) is 0 Å². The van der Waals surface area contributed by atoms with Crippen LogP contribution in [0.4, 0.5) is 4.39 Å². The minimum absolute atomic E-state index is 0.0846. The van der Waals surface area contributed by atoms with E-state index in [9.17, 15) is 14.0 Å². The molecule has 0 fully saturated rings. The van der Waals surface area contributed by atoms with Crippen LogP contribution in [0.5, 0.6) is 0 Å². The van der Waals surface area contributed by atoms with Crippen molar-refractivity contribution in [1.29, 1.82) is 0 Å². The average molecular weight is 365 g/mol. The third-order valence-corrected chi connectivity index (χ3v) is 5.33. The Morgan fingerprint density at radius 1 is 1.19 bits per heavy atom. The summed E-state index contributed by atoms with van der Waals surface area (Å²) in [5.74, 6) is -1.06. The molecule has 0 spiro atoms. The second kappa shape index (κ2) is 6.54. The highest BCUT2D eigenvalue weighted by Gasteiger charge is 2.33. The summed E-state index contributed by atoms with van der Waals surface area (Å²) < 4.78 is 14.0. The number of nitrogens with one attached hydrogen (secondary N) is 1. The Hall–Kier alpha value is -3.15. The van der Waals surface area contributed by atoms with Gasteiger partial charge in [0.1, 0.15) is 11.9 Å². The molecule has 2 aromatic carbocycles. The lowest BCUT2D eigenvalue weighted by atomic mass is 9.93. The fourth-order valence-electron chi connectivity index (χ4n) is 3.89. The standard InChI is InChI=1S/C21H20FN3O2/c1-12-16(15-7-4-8-17(22)20(15)24-12)10-19(26)25-11-14-6-3-2-5-13(14)9-18(25)21(23)27/h2-8,18,24H,9-11H2,1H3,(H2,23,27)/t18-/m1/s1. The first-order valence-corrected chi connectivity index (χ1v) is 8.87. The van der Waals surface area contributed by atoms with Crippen molar-refractivity contribution < 1.29 is 14.0 Å². The van der Waals surface area contributed by atoms with E-state index in [1.54, 1.807) is 17.0 Å². The highest BCUT2D eigenvalue weighted by atomic mass is 19.1. The summed E-state index contributed by atoms with van der Waals surface area (Å²) in [6, 6.07) is 11.9. The summed E-state index contributed by atoms with van der Waals surface area (Å²) >= 11 is 0. The molecule has 3 N–H and O–H groups in total. The molecule has 0 saturated heterocycles. The summed E-state index contributed by atoms with van der Waals surface area (Å²) in [6.45, 7) is 2.16. The Morgan fingerprint density at radius 2 is 1.93 bits per heavy atom. The van der Waals surface area contributed by atoms with Crippen LogP contribution in [0.15, 0.2) is 42.5 Å². The lowest BCUT2D eigenvalue weighted by Gasteiger charge is -2.35. The molecule has 2 amide bonds. The highest BCUT2D eigenvalue weighted by molar-refractivity contribution is 5.93. The van der Waals surface area contributed by atoms with Gasteiger partial charge in [-0.3, -0.25) is 9.59 Å². The molecule has 0 radical (unpaired) electrons. The van der Waals surface area contributed by atoms with E-state index in [0.717, 1.165) is 22.4 Å². The van der Waals surface area contributed by atoms with Crippen LogP contribution < -0.4 is 5.73 Å². The van der Waals surface area contributed by atoms with Crippen LogP contribution in [0.1, 0.15) is 22.4 Å². The van der Waals surface area contributed by atoms with Gasteiger partial charge in [0.05, 0.1) is 11.9 Å². The van der Waals surface area contributed by atoms with Gasteiger partial charge in [0.15, 0.2) is 0 Å². The number of hydrogen-bond donors (Lipinski definition) is 2. The molecule has 1 aliphatic rings. The normalized spacial score (nSPS) is 16.4. The Labute approximate surface area is 156 Å². The van der Waals surface area contributed by atoms with Crippen molar-refractivity contribution in [2.75, 3.05) is 0 Å². The summed E-state index contributed by atoms with van der Waals surface area (Å²) in [6.07, 6.45) is 0.500. The van der Waals surface area contributed by atoms with Gasteiger partial charge < -0.3 is 15.6 Å². The van der Waals surface area contributed by atoms with Crippen LogP contribution in [-0.4, -0.2) is 27.7 Å². The van der Waals surface area contributed by atoms with Gasteiger partial charge in [0.2, 0.25) is 11.8 Å². The predicted molar refractivity (Wildman–Crippen MR) is 100 cm³/mol. The van der Waals surface area contributed by atoms with Crippen LogP contribution in [0.2, 0.25) is 0 Å². The number of hydrogen-bond acceptors (Lipinski definition) is 2. The first-order valence-electron chi connectivity index (χ1n) is 8.87. The van der Waals surface area contributed by atoms with E-state index in [2.05, 4.69) is 4.98 Å². The first kappa shape index (κ1) is 17.3. The van der Waals surface area contributed by atoms with E-state index in [1.165, 1.54) is 6.07 Å². The molecule has 27 heavy (non-hydrogen) atoms. The number of aromatic nitrogens is 1. The molecule has 2 heterocycles. The van der Waals surface area contributed by atoms with Crippen molar-refractivity contribution in [3.63, 3.8) is 0 Å². The molecule has 1 aliphatic heterocycles. The Balaban J connectivity index is 1.67. The molecular formula is C21H20FN3O2. The molecule has 0 aliphatic carbocycles. The first-order chi connectivity index (χ1) is 13.0. The van der Waals surface area contributed by atoms with Crippen LogP contribution in [0, 0.1) is 12.7 Å². The summed E-state index contributed by atoms with van der Waals surface area (Å²) in [5.41, 5.74) is 9.52. The summed E-state index contributed by atoms with van der Waals surface area (Å²) in [4.78, 5) is 29.6. The van der Waals surface area contributed by atoms with Gasteiger partial charge in [-0.1, -0.05) is 36.4 Å². The number of carbonyl (C=O) groups is 2. The van der Waals surface area contributed by atoms with Gasteiger partial charge in [0, 0.05) is 24.0 Å². The summed E-state index contributed by atoms with van der Waals surface area (Å²) in [7, 11) is 0. The second-order valence-electron chi connectivity index (χ2n) is 6.98. The van der Waals surface area contributed by atoms with Gasteiger partial charge in [0.25, 0.3) is 0 Å². The third-order valence-electron chi connectivity index (χ3n) is 5.33. The zero-order valence-corrected chi connectivity index (χ0v) is 15.0. The van der Waals surface area contributed by atoms with Gasteiger partial charge in [-0.05, 0) is 29.7 Å². The van der Waals surface area contributed by atoms with Gasteiger partial charge in [-0.15, -0.1) is 0 Å². The number of para-hydroxylation sites is 1. The Bertz CT molecular complexity index is 1060. The number of halogens is 1. The largest absolute Gasteiger partial charge is 0.368 e. The SMILES string of the molecule is Cc1[nH]c2c(F)cccc2c1CC(=O)N1Cc2ccccc2C[C@@H]1C(N)=O. The van der Waals surface area contributed by atoms with Crippen molar-refractivity contribution in [3.8, 4) is 0 Å². The zero-order valence-electron chi connectivity index (χ0n) is 15.0. The molecular weight excluding hydrogens is 345 g/mol. The monoisotopic (exact) mass is 365 g/mol. The molecule has 0 bridgehead atoms.